The lowest BCUT2D eigenvalue weighted by Gasteiger charge is -2.30. The number of thiocarbonyl (C=S) groups is 1. The molecular weight excluding hydrogens is 258 g/mol. The molecule has 1 unspecified atom stereocenters. The summed E-state index contributed by atoms with van der Waals surface area (Å²) >= 11 is 5.07. The molecule has 1 aromatic rings. The summed E-state index contributed by atoms with van der Waals surface area (Å²) in [6, 6.07) is 10.4. The molecule has 0 spiro atoms. The summed E-state index contributed by atoms with van der Waals surface area (Å²) in [5, 5.41) is 2.89. The van der Waals surface area contributed by atoms with Crippen LogP contribution in [0.4, 0.5) is 0 Å². The van der Waals surface area contributed by atoms with Crippen LogP contribution in [0.5, 0.6) is 0 Å². The number of rotatable bonds is 4. The van der Waals surface area contributed by atoms with Crippen molar-refractivity contribution in [1.29, 1.82) is 0 Å². The highest BCUT2D eigenvalue weighted by molar-refractivity contribution is 7.80. The number of nitrogens with zero attached hydrogens (tertiary/aromatic N) is 1. The zero-order chi connectivity index (χ0) is 13.7. The Bertz CT molecular complexity index is 449. The molecular formula is C14H19N3OS. The van der Waals surface area contributed by atoms with Gasteiger partial charge in [-0.1, -0.05) is 42.5 Å². The third kappa shape index (κ3) is 4.01. The van der Waals surface area contributed by atoms with Crippen LogP contribution in [0.1, 0.15) is 24.4 Å². The van der Waals surface area contributed by atoms with Crippen molar-refractivity contribution in [2.24, 2.45) is 5.73 Å². The van der Waals surface area contributed by atoms with E-state index in [4.69, 9.17) is 18.0 Å². The van der Waals surface area contributed by atoms with Gasteiger partial charge in [0.25, 0.3) is 0 Å². The molecule has 0 saturated carbocycles. The van der Waals surface area contributed by atoms with Crippen molar-refractivity contribution in [1.82, 2.24) is 10.2 Å². The van der Waals surface area contributed by atoms with E-state index in [1.807, 2.05) is 18.2 Å². The van der Waals surface area contributed by atoms with Crippen molar-refractivity contribution in [3.63, 3.8) is 0 Å². The topological polar surface area (TPSA) is 58.4 Å². The second-order valence-electron chi connectivity index (χ2n) is 4.73. The molecule has 1 saturated heterocycles. The fourth-order valence-corrected chi connectivity index (χ4v) is 2.58. The van der Waals surface area contributed by atoms with Gasteiger partial charge in [0, 0.05) is 38.5 Å². The average molecular weight is 277 g/mol. The van der Waals surface area contributed by atoms with Gasteiger partial charge in [0.05, 0.1) is 4.99 Å². The summed E-state index contributed by atoms with van der Waals surface area (Å²) in [4.78, 5) is 14.2. The van der Waals surface area contributed by atoms with E-state index < -0.39 is 0 Å². The average Bonchev–Trinajstić information content (AvgIpc) is 2.62. The van der Waals surface area contributed by atoms with Crippen LogP contribution in [0, 0.1) is 0 Å². The van der Waals surface area contributed by atoms with Crippen LogP contribution >= 0.6 is 12.2 Å². The van der Waals surface area contributed by atoms with Gasteiger partial charge in [0.15, 0.2) is 0 Å². The Kier molecular flexibility index (Phi) is 4.87. The van der Waals surface area contributed by atoms with E-state index in [9.17, 15) is 4.79 Å². The Labute approximate surface area is 119 Å². The second-order valence-corrected chi connectivity index (χ2v) is 5.26. The van der Waals surface area contributed by atoms with Crippen molar-refractivity contribution >= 4 is 23.1 Å². The quantitative estimate of drug-likeness (QED) is 0.813. The third-order valence-corrected chi connectivity index (χ3v) is 3.53. The monoisotopic (exact) mass is 277 g/mol. The summed E-state index contributed by atoms with van der Waals surface area (Å²) in [5.41, 5.74) is 6.92. The molecule has 1 amide bonds. The highest BCUT2D eigenvalue weighted by Gasteiger charge is 2.23. The van der Waals surface area contributed by atoms with Gasteiger partial charge in [0.1, 0.15) is 0 Å². The minimum absolute atomic E-state index is 0.115. The van der Waals surface area contributed by atoms with Gasteiger partial charge in [-0.15, -0.1) is 0 Å². The molecule has 19 heavy (non-hydrogen) atoms. The number of amides is 1. The Hall–Kier alpha value is -1.46. The van der Waals surface area contributed by atoms with Crippen LogP contribution in [0.3, 0.4) is 0 Å². The molecule has 0 aliphatic carbocycles. The number of carbonyl (C=O) groups excluding carboxylic acids is 1. The predicted molar refractivity (Wildman–Crippen MR) is 79.8 cm³/mol. The summed E-state index contributed by atoms with van der Waals surface area (Å²) in [7, 11) is 0. The minimum atomic E-state index is 0.115. The number of hydrogen-bond acceptors (Lipinski definition) is 3. The smallest absolute Gasteiger partial charge is 0.221 e. The Balaban J connectivity index is 2.17. The first-order valence-electron chi connectivity index (χ1n) is 6.51. The number of carbonyl (C=O) groups is 1. The van der Waals surface area contributed by atoms with E-state index in [1.165, 1.54) is 5.56 Å². The van der Waals surface area contributed by atoms with Crippen LogP contribution in [0.2, 0.25) is 0 Å². The van der Waals surface area contributed by atoms with Crippen molar-refractivity contribution in [2.75, 3.05) is 19.6 Å². The molecule has 1 aliphatic heterocycles. The van der Waals surface area contributed by atoms with Crippen LogP contribution in [-0.4, -0.2) is 35.4 Å². The third-order valence-electron chi connectivity index (χ3n) is 3.37. The van der Waals surface area contributed by atoms with Crippen LogP contribution in [-0.2, 0) is 4.79 Å². The second kappa shape index (κ2) is 6.63. The summed E-state index contributed by atoms with van der Waals surface area (Å²) in [5.74, 6) is 0.115. The van der Waals surface area contributed by atoms with Crippen molar-refractivity contribution in [3.8, 4) is 0 Å². The molecule has 1 atom stereocenters. The zero-order valence-electron chi connectivity index (χ0n) is 10.8. The lowest BCUT2D eigenvalue weighted by molar-refractivity contribution is -0.120. The van der Waals surface area contributed by atoms with E-state index in [0.29, 0.717) is 24.4 Å². The maximum atomic E-state index is 11.4. The molecule has 0 bridgehead atoms. The fourth-order valence-electron chi connectivity index (χ4n) is 2.42. The molecule has 1 heterocycles. The largest absolute Gasteiger partial charge is 0.393 e. The predicted octanol–water partition coefficient (Wildman–Crippen LogP) is 1.23. The van der Waals surface area contributed by atoms with Gasteiger partial charge in [-0.25, -0.2) is 0 Å². The maximum Gasteiger partial charge on any atom is 0.221 e. The summed E-state index contributed by atoms with van der Waals surface area (Å²) in [6.07, 6.45) is 1.17. The zero-order valence-corrected chi connectivity index (χ0v) is 11.7. The van der Waals surface area contributed by atoms with Crippen molar-refractivity contribution in [2.45, 2.75) is 18.9 Å². The van der Waals surface area contributed by atoms with Gasteiger partial charge in [-0.05, 0) is 5.56 Å². The maximum absolute atomic E-state index is 11.4. The van der Waals surface area contributed by atoms with Crippen LogP contribution in [0.25, 0.3) is 0 Å². The number of benzene rings is 1. The van der Waals surface area contributed by atoms with E-state index in [2.05, 4.69) is 22.3 Å². The number of nitrogens with one attached hydrogen (secondary N) is 1. The molecule has 0 radical (unpaired) electrons. The Morgan fingerprint density at radius 3 is 2.79 bits per heavy atom. The molecule has 1 aromatic carbocycles. The molecule has 4 nitrogen and oxygen atoms in total. The van der Waals surface area contributed by atoms with Crippen LogP contribution < -0.4 is 11.1 Å². The summed E-state index contributed by atoms with van der Waals surface area (Å²) < 4.78 is 0. The number of nitrogens with two attached hydrogens (primary N) is 1. The van der Waals surface area contributed by atoms with Gasteiger partial charge in [0.2, 0.25) is 5.91 Å². The molecule has 5 heteroatoms. The highest BCUT2D eigenvalue weighted by Crippen LogP contribution is 2.24. The van der Waals surface area contributed by atoms with E-state index in [1.54, 1.807) is 0 Å². The molecule has 1 aliphatic rings. The van der Waals surface area contributed by atoms with Gasteiger partial charge in [-0.2, -0.15) is 0 Å². The van der Waals surface area contributed by atoms with Gasteiger partial charge in [-0.3, -0.25) is 9.69 Å². The first-order chi connectivity index (χ1) is 9.16. The lowest BCUT2D eigenvalue weighted by atomic mass is 10.0. The highest BCUT2D eigenvalue weighted by atomic mass is 32.1. The Morgan fingerprint density at radius 2 is 2.11 bits per heavy atom. The lowest BCUT2D eigenvalue weighted by Crippen LogP contribution is -2.34. The standard InChI is InChI=1S/C14H19N3OS/c15-13(19)10-12(11-4-2-1-3-5-11)17-8-6-14(18)16-7-9-17/h1-5,12H,6-10H2,(H2,15,19)(H,16,18). The molecule has 1 fully saturated rings. The fraction of sp³-hybridized carbons (Fsp3) is 0.429. The number of hydrogen-bond donors (Lipinski definition) is 2. The normalized spacial score (nSPS) is 18.4. The van der Waals surface area contributed by atoms with Gasteiger partial charge < -0.3 is 11.1 Å². The SMILES string of the molecule is NC(=S)CC(c1ccccc1)N1CCNC(=O)CC1. The molecule has 3 N–H and O–H groups in total. The molecule has 102 valence electrons. The van der Waals surface area contributed by atoms with E-state index in [0.717, 1.165) is 13.1 Å². The minimum Gasteiger partial charge on any atom is -0.393 e. The molecule has 0 aromatic heterocycles. The van der Waals surface area contributed by atoms with Crippen molar-refractivity contribution < 1.29 is 4.79 Å². The molecule has 2 rings (SSSR count). The first kappa shape index (κ1) is 14.0. The van der Waals surface area contributed by atoms with Gasteiger partial charge >= 0.3 is 0 Å². The first-order valence-corrected chi connectivity index (χ1v) is 6.91. The Morgan fingerprint density at radius 1 is 1.37 bits per heavy atom. The van der Waals surface area contributed by atoms with E-state index in [-0.39, 0.29) is 11.9 Å². The van der Waals surface area contributed by atoms with Crippen LogP contribution in [0.15, 0.2) is 30.3 Å². The summed E-state index contributed by atoms with van der Waals surface area (Å²) in [6.45, 7) is 2.25. The van der Waals surface area contributed by atoms with Crippen molar-refractivity contribution in [3.05, 3.63) is 35.9 Å². The van der Waals surface area contributed by atoms with E-state index >= 15 is 0 Å².